The molecule has 1 aromatic carbocycles. The summed E-state index contributed by atoms with van der Waals surface area (Å²) in [6, 6.07) is 7.16. The number of nitrogens with zero attached hydrogens (tertiary/aromatic N) is 2. The summed E-state index contributed by atoms with van der Waals surface area (Å²) in [7, 11) is 0. The molecule has 102 valence electrons. The first-order valence-electron chi connectivity index (χ1n) is 5.99. The number of aromatic nitrogens is 2. The topological polar surface area (TPSA) is 74.2 Å². The molecule has 2 N–H and O–H groups in total. The maximum absolute atomic E-state index is 6.11. The Hall–Kier alpha value is -1.43. The molecule has 5 nitrogen and oxygen atoms in total. The van der Waals surface area contributed by atoms with Crippen molar-refractivity contribution in [1.29, 1.82) is 0 Å². The molecular formula is C13H16ClN3O2. The first kappa shape index (κ1) is 14.0. The summed E-state index contributed by atoms with van der Waals surface area (Å²) in [6.07, 6.45) is 0. The minimum absolute atomic E-state index is 0.336. The predicted octanol–water partition coefficient (Wildman–Crippen LogP) is 2.60. The molecule has 19 heavy (non-hydrogen) atoms. The Morgan fingerprint density at radius 3 is 2.68 bits per heavy atom. The van der Waals surface area contributed by atoms with Crippen molar-refractivity contribution in [2.75, 3.05) is 13.2 Å². The van der Waals surface area contributed by atoms with Gasteiger partial charge in [-0.15, -0.1) is 0 Å². The number of hydrogen-bond donors (Lipinski definition) is 1. The Labute approximate surface area is 116 Å². The van der Waals surface area contributed by atoms with E-state index in [0.29, 0.717) is 30.0 Å². The van der Waals surface area contributed by atoms with Crippen LogP contribution in [0.3, 0.4) is 0 Å². The van der Waals surface area contributed by atoms with Gasteiger partial charge in [-0.1, -0.05) is 16.8 Å². The minimum Gasteiger partial charge on any atom is -0.379 e. The summed E-state index contributed by atoms with van der Waals surface area (Å²) in [6.45, 7) is 4.64. The maximum Gasteiger partial charge on any atom is 0.257 e. The number of ether oxygens (including phenoxy) is 1. The molecule has 0 spiro atoms. The molecule has 0 fully saturated rings. The highest BCUT2D eigenvalue weighted by Crippen LogP contribution is 2.22. The molecule has 0 saturated carbocycles. The average molecular weight is 282 g/mol. The van der Waals surface area contributed by atoms with E-state index in [1.807, 2.05) is 19.1 Å². The van der Waals surface area contributed by atoms with E-state index in [4.69, 9.17) is 26.6 Å². The second-order valence-electron chi connectivity index (χ2n) is 4.48. The summed E-state index contributed by atoms with van der Waals surface area (Å²) < 4.78 is 10.5. The number of nitrogens with two attached hydrogens (primary N) is 1. The second-order valence-corrected chi connectivity index (χ2v) is 4.92. The molecule has 2 rings (SSSR count). The van der Waals surface area contributed by atoms with Crippen LogP contribution in [0.15, 0.2) is 28.8 Å². The molecule has 0 bridgehead atoms. The molecule has 0 radical (unpaired) electrons. The molecule has 0 aliphatic rings. The highest BCUT2D eigenvalue weighted by atomic mass is 35.5. The Bertz CT molecular complexity index is 537. The lowest BCUT2D eigenvalue weighted by Gasteiger charge is -2.19. The predicted molar refractivity (Wildman–Crippen MR) is 72.8 cm³/mol. The number of halogens is 1. The molecule has 0 aliphatic heterocycles. The number of rotatable bonds is 5. The zero-order valence-electron chi connectivity index (χ0n) is 10.9. The van der Waals surface area contributed by atoms with Gasteiger partial charge in [-0.2, -0.15) is 4.98 Å². The van der Waals surface area contributed by atoms with Crippen molar-refractivity contribution in [2.45, 2.75) is 19.4 Å². The third-order valence-corrected chi connectivity index (χ3v) is 2.89. The van der Waals surface area contributed by atoms with Gasteiger partial charge in [0.15, 0.2) is 5.82 Å². The quantitative estimate of drug-likeness (QED) is 0.912. The Kier molecular flexibility index (Phi) is 4.19. The van der Waals surface area contributed by atoms with Gasteiger partial charge in [0.25, 0.3) is 5.89 Å². The third-order valence-electron chi connectivity index (χ3n) is 2.63. The van der Waals surface area contributed by atoms with E-state index in [2.05, 4.69) is 10.1 Å². The smallest absolute Gasteiger partial charge is 0.257 e. The molecule has 1 aromatic heterocycles. The van der Waals surface area contributed by atoms with Gasteiger partial charge >= 0.3 is 0 Å². The van der Waals surface area contributed by atoms with E-state index in [1.165, 1.54) is 0 Å². The van der Waals surface area contributed by atoms with Crippen LogP contribution in [0.5, 0.6) is 0 Å². The first-order valence-corrected chi connectivity index (χ1v) is 6.37. The van der Waals surface area contributed by atoms with Crippen molar-refractivity contribution in [2.24, 2.45) is 5.73 Å². The van der Waals surface area contributed by atoms with Gasteiger partial charge in [0, 0.05) is 17.2 Å². The minimum atomic E-state index is -0.774. The van der Waals surface area contributed by atoms with Gasteiger partial charge in [0.1, 0.15) is 5.54 Å². The summed E-state index contributed by atoms with van der Waals surface area (Å²) >= 11 is 5.83. The van der Waals surface area contributed by atoms with Crippen LogP contribution in [-0.2, 0) is 10.3 Å². The van der Waals surface area contributed by atoms with Gasteiger partial charge in [0.05, 0.1) is 6.61 Å². The molecule has 1 heterocycles. The van der Waals surface area contributed by atoms with E-state index in [-0.39, 0.29) is 0 Å². The highest BCUT2D eigenvalue weighted by molar-refractivity contribution is 6.30. The first-order chi connectivity index (χ1) is 9.03. The Balaban J connectivity index is 2.21. The zero-order valence-corrected chi connectivity index (χ0v) is 11.6. The lowest BCUT2D eigenvalue weighted by Crippen LogP contribution is -2.39. The summed E-state index contributed by atoms with van der Waals surface area (Å²) in [4.78, 5) is 4.31. The Morgan fingerprint density at radius 2 is 2.05 bits per heavy atom. The van der Waals surface area contributed by atoms with E-state index in [9.17, 15) is 0 Å². The lowest BCUT2D eigenvalue weighted by molar-refractivity contribution is 0.0962. The van der Waals surface area contributed by atoms with Crippen LogP contribution < -0.4 is 5.73 Å². The van der Waals surface area contributed by atoms with Crippen molar-refractivity contribution < 1.29 is 9.26 Å². The van der Waals surface area contributed by atoms with Crippen LogP contribution in [0.4, 0.5) is 0 Å². The lowest BCUT2D eigenvalue weighted by atomic mass is 10.1. The zero-order chi connectivity index (χ0) is 13.9. The SMILES string of the molecule is CCOCC(C)(N)c1noc(-c2ccc(Cl)cc2)n1. The molecule has 0 amide bonds. The third kappa shape index (κ3) is 3.32. The van der Waals surface area contributed by atoms with Crippen molar-refractivity contribution >= 4 is 11.6 Å². The molecule has 1 unspecified atom stereocenters. The van der Waals surface area contributed by atoms with Crippen LogP contribution in [0.25, 0.3) is 11.5 Å². The largest absolute Gasteiger partial charge is 0.379 e. The standard InChI is InChI=1S/C13H16ClN3O2/c1-3-18-8-13(2,15)12-16-11(19-17-12)9-4-6-10(14)7-5-9/h4-7H,3,8,15H2,1-2H3. The molecule has 1 atom stereocenters. The summed E-state index contributed by atoms with van der Waals surface area (Å²) in [5.41, 5.74) is 6.14. The normalized spacial score (nSPS) is 14.3. The molecule has 0 aliphatic carbocycles. The van der Waals surface area contributed by atoms with Gasteiger partial charge in [-0.3, -0.25) is 0 Å². The van der Waals surface area contributed by atoms with Crippen LogP contribution in [0.1, 0.15) is 19.7 Å². The molecular weight excluding hydrogens is 266 g/mol. The number of hydrogen-bond acceptors (Lipinski definition) is 5. The summed E-state index contributed by atoms with van der Waals surface area (Å²) in [5.74, 6) is 0.839. The van der Waals surface area contributed by atoms with E-state index in [0.717, 1.165) is 5.56 Å². The molecule has 2 aromatic rings. The highest BCUT2D eigenvalue weighted by Gasteiger charge is 2.28. The van der Waals surface area contributed by atoms with E-state index >= 15 is 0 Å². The van der Waals surface area contributed by atoms with Crippen molar-refractivity contribution in [3.05, 3.63) is 35.1 Å². The van der Waals surface area contributed by atoms with Crippen molar-refractivity contribution in [3.63, 3.8) is 0 Å². The van der Waals surface area contributed by atoms with Crippen LogP contribution in [-0.4, -0.2) is 23.4 Å². The van der Waals surface area contributed by atoms with Crippen LogP contribution >= 0.6 is 11.6 Å². The van der Waals surface area contributed by atoms with Crippen LogP contribution in [0, 0.1) is 0 Å². The Morgan fingerprint density at radius 1 is 1.37 bits per heavy atom. The second kappa shape index (κ2) is 5.69. The van der Waals surface area contributed by atoms with Crippen LogP contribution in [0.2, 0.25) is 5.02 Å². The van der Waals surface area contributed by atoms with Crippen molar-refractivity contribution in [1.82, 2.24) is 10.1 Å². The maximum atomic E-state index is 6.11. The fraction of sp³-hybridized carbons (Fsp3) is 0.385. The fourth-order valence-corrected chi connectivity index (χ4v) is 1.67. The van der Waals surface area contributed by atoms with Gasteiger partial charge in [-0.05, 0) is 38.1 Å². The summed E-state index contributed by atoms with van der Waals surface area (Å²) in [5, 5.41) is 4.57. The van der Waals surface area contributed by atoms with Gasteiger partial charge in [-0.25, -0.2) is 0 Å². The monoisotopic (exact) mass is 281 g/mol. The van der Waals surface area contributed by atoms with E-state index < -0.39 is 5.54 Å². The molecule has 0 saturated heterocycles. The van der Waals surface area contributed by atoms with Gasteiger partial charge < -0.3 is 15.0 Å². The van der Waals surface area contributed by atoms with Gasteiger partial charge in [0.2, 0.25) is 0 Å². The number of benzene rings is 1. The average Bonchev–Trinajstić information content (AvgIpc) is 2.88. The fourth-order valence-electron chi connectivity index (χ4n) is 1.54. The molecule has 6 heteroatoms. The van der Waals surface area contributed by atoms with Crippen molar-refractivity contribution in [3.8, 4) is 11.5 Å². The van der Waals surface area contributed by atoms with E-state index in [1.54, 1.807) is 19.1 Å².